The Morgan fingerprint density at radius 1 is 1.26 bits per heavy atom. The van der Waals surface area contributed by atoms with E-state index in [1.807, 2.05) is 13.8 Å². The van der Waals surface area contributed by atoms with Crippen molar-refractivity contribution >= 4 is 10.0 Å². The maximum atomic E-state index is 12.6. The average molecular weight is 285 g/mol. The molecule has 108 valence electrons. The monoisotopic (exact) mass is 285 g/mol. The Labute approximate surface area is 116 Å². The van der Waals surface area contributed by atoms with Gasteiger partial charge in [0, 0.05) is 13.1 Å². The zero-order valence-corrected chi connectivity index (χ0v) is 12.7. The van der Waals surface area contributed by atoms with Gasteiger partial charge in [-0.25, -0.2) is 8.42 Å². The van der Waals surface area contributed by atoms with E-state index in [9.17, 15) is 13.5 Å². The first-order chi connectivity index (χ1) is 8.98. The molecule has 0 aliphatic carbocycles. The predicted octanol–water partition coefficient (Wildman–Crippen LogP) is 2.30. The maximum absolute atomic E-state index is 12.6. The van der Waals surface area contributed by atoms with E-state index in [-0.39, 0.29) is 6.61 Å². The number of nitrogens with zero attached hydrogens (tertiary/aromatic N) is 1. The second-order valence-corrected chi connectivity index (χ2v) is 6.46. The molecule has 0 saturated carbocycles. The second-order valence-electron chi connectivity index (χ2n) is 4.55. The molecule has 0 spiro atoms. The van der Waals surface area contributed by atoms with Crippen LogP contribution in [0.2, 0.25) is 0 Å². The van der Waals surface area contributed by atoms with Gasteiger partial charge in [-0.15, -0.1) is 0 Å². The van der Waals surface area contributed by atoms with E-state index in [1.165, 1.54) is 4.31 Å². The molecule has 0 aliphatic heterocycles. The molecule has 19 heavy (non-hydrogen) atoms. The fourth-order valence-corrected chi connectivity index (χ4v) is 3.79. The molecule has 5 heteroatoms. The molecule has 1 aromatic rings. The number of unbranched alkanes of at least 4 members (excludes halogenated alkanes) is 1. The molecule has 0 saturated heterocycles. The van der Waals surface area contributed by atoms with Gasteiger partial charge in [0.05, 0.1) is 11.5 Å². The zero-order valence-electron chi connectivity index (χ0n) is 11.9. The van der Waals surface area contributed by atoms with E-state index in [4.69, 9.17) is 0 Å². The van der Waals surface area contributed by atoms with Gasteiger partial charge in [0.2, 0.25) is 10.0 Å². The lowest BCUT2D eigenvalue weighted by Crippen LogP contribution is -2.32. The molecule has 0 unspecified atom stereocenters. The summed E-state index contributed by atoms with van der Waals surface area (Å²) in [7, 11) is -3.46. The molecular formula is C14H23NO3S. The van der Waals surface area contributed by atoms with E-state index >= 15 is 0 Å². The van der Waals surface area contributed by atoms with E-state index in [0.29, 0.717) is 29.1 Å². The number of hydrogen-bond donors (Lipinski definition) is 1. The first kappa shape index (κ1) is 16.1. The second kappa shape index (κ2) is 7.03. The normalized spacial score (nSPS) is 12.1. The van der Waals surface area contributed by atoms with Crippen LogP contribution >= 0.6 is 0 Å². The molecule has 0 amide bonds. The van der Waals surface area contributed by atoms with Gasteiger partial charge < -0.3 is 5.11 Å². The lowest BCUT2D eigenvalue weighted by Gasteiger charge is -2.22. The van der Waals surface area contributed by atoms with Crippen LogP contribution in [0.1, 0.15) is 37.8 Å². The van der Waals surface area contributed by atoms with Gasteiger partial charge in [0.15, 0.2) is 0 Å². The molecule has 1 N–H and O–H groups in total. The van der Waals surface area contributed by atoms with Crippen LogP contribution in [0.4, 0.5) is 0 Å². The Bertz CT molecular complexity index is 511. The number of rotatable bonds is 7. The van der Waals surface area contributed by atoms with E-state index < -0.39 is 10.0 Å². The van der Waals surface area contributed by atoms with E-state index in [2.05, 4.69) is 0 Å². The molecule has 1 rings (SSSR count). The van der Waals surface area contributed by atoms with Crippen molar-refractivity contribution in [3.8, 4) is 0 Å². The summed E-state index contributed by atoms with van der Waals surface area (Å²) in [6.45, 7) is 6.49. The standard InChI is InChI=1S/C14H23NO3S/c1-4-6-10-15(5-2)19(17,18)14-9-7-8-13(11-16)12(14)3/h7-9,16H,4-6,10-11H2,1-3H3. The minimum atomic E-state index is -3.46. The summed E-state index contributed by atoms with van der Waals surface area (Å²) < 4.78 is 26.7. The number of aliphatic hydroxyl groups excluding tert-OH is 1. The van der Waals surface area contributed by atoms with Crippen LogP contribution in [-0.2, 0) is 16.6 Å². The van der Waals surface area contributed by atoms with Crippen LogP contribution in [0, 0.1) is 6.92 Å². The van der Waals surface area contributed by atoms with Crippen molar-refractivity contribution in [1.82, 2.24) is 4.31 Å². The Kier molecular flexibility index (Phi) is 5.97. The maximum Gasteiger partial charge on any atom is 0.243 e. The molecule has 0 aliphatic rings. The first-order valence-corrected chi connectivity index (χ1v) is 8.12. The number of sulfonamides is 1. The average Bonchev–Trinajstić information content (AvgIpc) is 2.39. The van der Waals surface area contributed by atoms with Crippen molar-refractivity contribution in [2.75, 3.05) is 13.1 Å². The van der Waals surface area contributed by atoms with Crippen LogP contribution in [-0.4, -0.2) is 30.9 Å². The highest BCUT2D eigenvalue weighted by Crippen LogP contribution is 2.23. The van der Waals surface area contributed by atoms with Crippen molar-refractivity contribution in [3.05, 3.63) is 29.3 Å². The van der Waals surface area contributed by atoms with Gasteiger partial charge in [-0.1, -0.05) is 32.4 Å². The van der Waals surface area contributed by atoms with Gasteiger partial charge in [-0.05, 0) is 30.5 Å². The van der Waals surface area contributed by atoms with Gasteiger partial charge in [-0.3, -0.25) is 0 Å². The van der Waals surface area contributed by atoms with Crippen molar-refractivity contribution < 1.29 is 13.5 Å². The molecule has 1 aromatic carbocycles. The topological polar surface area (TPSA) is 57.6 Å². The number of benzene rings is 1. The number of aliphatic hydroxyl groups is 1. The molecule has 0 bridgehead atoms. The quantitative estimate of drug-likeness (QED) is 0.836. The summed E-state index contributed by atoms with van der Waals surface area (Å²) in [5.41, 5.74) is 1.30. The van der Waals surface area contributed by atoms with Crippen molar-refractivity contribution in [3.63, 3.8) is 0 Å². The van der Waals surface area contributed by atoms with Crippen LogP contribution in [0.3, 0.4) is 0 Å². The largest absolute Gasteiger partial charge is 0.392 e. The summed E-state index contributed by atoms with van der Waals surface area (Å²) in [5, 5.41) is 9.24. The number of hydrogen-bond acceptors (Lipinski definition) is 3. The van der Waals surface area contributed by atoms with E-state index in [0.717, 1.165) is 12.8 Å². The van der Waals surface area contributed by atoms with Crippen LogP contribution in [0.5, 0.6) is 0 Å². The Balaban J connectivity index is 3.18. The third-order valence-electron chi connectivity index (χ3n) is 3.30. The Morgan fingerprint density at radius 2 is 1.95 bits per heavy atom. The molecule has 0 atom stereocenters. The van der Waals surface area contributed by atoms with Gasteiger partial charge in [0.25, 0.3) is 0 Å². The summed E-state index contributed by atoms with van der Waals surface area (Å²) in [4.78, 5) is 0.303. The zero-order chi connectivity index (χ0) is 14.5. The lowest BCUT2D eigenvalue weighted by molar-refractivity contribution is 0.280. The summed E-state index contributed by atoms with van der Waals surface area (Å²) in [6.07, 6.45) is 1.81. The minimum absolute atomic E-state index is 0.143. The van der Waals surface area contributed by atoms with Crippen molar-refractivity contribution in [1.29, 1.82) is 0 Å². The van der Waals surface area contributed by atoms with Gasteiger partial charge in [-0.2, -0.15) is 4.31 Å². The van der Waals surface area contributed by atoms with Gasteiger partial charge >= 0.3 is 0 Å². The summed E-state index contributed by atoms with van der Waals surface area (Å²) in [6, 6.07) is 5.04. The molecule has 0 heterocycles. The Hall–Kier alpha value is -0.910. The van der Waals surface area contributed by atoms with Crippen molar-refractivity contribution in [2.24, 2.45) is 0 Å². The minimum Gasteiger partial charge on any atom is -0.392 e. The lowest BCUT2D eigenvalue weighted by atomic mass is 10.1. The smallest absolute Gasteiger partial charge is 0.243 e. The highest BCUT2D eigenvalue weighted by atomic mass is 32.2. The molecule has 4 nitrogen and oxygen atoms in total. The molecule has 0 fully saturated rings. The van der Waals surface area contributed by atoms with Crippen LogP contribution < -0.4 is 0 Å². The first-order valence-electron chi connectivity index (χ1n) is 6.68. The molecule has 0 aromatic heterocycles. The predicted molar refractivity (Wildman–Crippen MR) is 76.4 cm³/mol. The highest BCUT2D eigenvalue weighted by Gasteiger charge is 2.24. The fourth-order valence-electron chi connectivity index (χ4n) is 2.03. The van der Waals surface area contributed by atoms with Crippen LogP contribution in [0.25, 0.3) is 0 Å². The third-order valence-corrected chi connectivity index (χ3v) is 5.42. The van der Waals surface area contributed by atoms with Gasteiger partial charge in [0.1, 0.15) is 0 Å². The van der Waals surface area contributed by atoms with Crippen LogP contribution in [0.15, 0.2) is 23.1 Å². The summed E-state index contributed by atoms with van der Waals surface area (Å²) in [5.74, 6) is 0. The fraction of sp³-hybridized carbons (Fsp3) is 0.571. The molecular weight excluding hydrogens is 262 g/mol. The van der Waals surface area contributed by atoms with Crippen molar-refractivity contribution in [2.45, 2.75) is 45.1 Å². The molecule has 0 radical (unpaired) electrons. The Morgan fingerprint density at radius 3 is 2.47 bits per heavy atom. The highest BCUT2D eigenvalue weighted by molar-refractivity contribution is 7.89. The third kappa shape index (κ3) is 3.55. The summed E-state index contributed by atoms with van der Waals surface area (Å²) >= 11 is 0. The SMILES string of the molecule is CCCCN(CC)S(=O)(=O)c1cccc(CO)c1C. The van der Waals surface area contributed by atoms with E-state index in [1.54, 1.807) is 25.1 Å².